The normalized spacial score (nSPS) is 21.1. The van der Waals surface area contributed by atoms with Crippen LogP contribution in [0.3, 0.4) is 0 Å². The number of likely N-dealkylation sites (tertiary alicyclic amines) is 1. The molecule has 0 saturated carbocycles. The van der Waals surface area contributed by atoms with E-state index in [0.29, 0.717) is 18.5 Å². The molecule has 1 N–H and O–H groups in total. The Morgan fingerprint density at radius 3 is 2.42 bits per heavy atom. The summed E-state index contributed by atoms with van der Waals surface area (Å²) in [6, 6.07) is 12.7. The van der Waals surface area contributed by atoms with Gasteiger partial charge in [0.2, 0.25) is 0 Å². The van der Waals surface area contributed by atoms with Crippen LogP contribution in [0.2, 0.25) is 0 Å². The maximum absolute atomic E-state index is 13.6. The van der Waals surface area contributed by atoms with Crippen molar-refractivity contribution in [3.05, 3.63) is 65.0 Å². The van der Waals surface area contributed by atoms with Crippen molar-refractivity contribution in [2.45, 2.75) is 57.9 Å². The maximum Gasteiger partial charge on any atom is 0.414 e. The molecule has 2 heterocycles. The van der Waals surface area contributed by atoms with Gasteiger partial charge < -0.3 is 5.11 Å². The minimum Gasteiger partial charge on any atom is -0.383 e. The number of aliphatic hydroxyl groups is 1. The zero-order chi connectivity index (χ0) is 22.9. The van der Waals surface area contributed by atoms with Crippen LogP contribution in [-0.2, 0) is 12.0 Å². The average molecular weight is 432 g/mol. The molecule has 166 valence electrons. The number of pyridine rings is 1. The van der Waals surface area contributed by atoms with Gasteiger partial charge in [0, 0.05) is 18.2 Å². The SMILES string of the molecule is Cc1ccc(C(C)(C)N2CC[C@@](CCc3ccc(C#N)cc3)(C(O)C(F)(F)F)C2)nc1. The van der Waals surface area contributed by atoms with Crippen LogP contribution in [0.15, 0.2) is 42.6 Å². The van der Waals surface area contributed by atoms with Crippen LogP contribution in [0.5, 0.6) is 0 Å². The van der Waals surface area contributed by atoms with E-state index in [1.807, 2.05) is 43.9 Å². The molecule has 31 heavy (non-hydrogen) atoms. The molecule has 2 atom stereocenters. The van der Waals surface area contributed by atoms with E-state index in [1.54, 1.807) is 30.5 Å². The molecule has 1 saturated heterocycles. The van der Waals surface area contributed by atoms with Crippen molar-refractivity contribution in [3.8, 4) is 6.07 Å². The molecule has 0 bridgehead atoms. The van der Waals surface area contributed by atoms with E-state index in [1.165, 1.54) is 0 Å². The first kappa shape index (κ1) is 23.2. The topological polar surface area (TPSA) is 60.2 Å². The highest BCUT2D eigenvalue weighted by molar-refractivity contribution is 5.31. The van der Waals surface area contributed by atoms with E-state index in [2.05, 4.69) is 4.98 Å². The van der Waals surface area contributed by atoms with E-state index in [9.17, 15) is 18.3 Å². The van der Waals surface area contributed by atoms with Crippen LogP contribution in [-0.4, -0.2) is 40.4 Å². The smallest absolute Gasteiger partial charge is 0.383 e. The first-order valence-electron chi connectivity index (χ1n) is 10.4. The summed E-state index contributed by atoms with van der Waals surface area (Å²) >= 11 is 0. The average Bonchev–Trinajstić information content (AvgIpc) is 3.18. The summed E-state index contributed by atoms with van der Waals surface area (Å²) in [7, 11) is 0. The Kier molecular flexibility index (Phi) is 6.45. The zero-order valence-corrected chi connectivity index (χ0v) is 18.1. The molecule has 2 aromatic rings. The second-order valence-corrected chi connectivity index (χ2v) is 9.07. The third-order valence-electron chi connectivity index (χ3n) is 6.60. The predicted molar refractivity (Wildman–Crippen MR) is 112 cm³/mol. The summed E-state index contributed by atoms with van der Waals surface area (Å²) in [5.41, 5.74) is 1.31. The van der Waals surface area contributed by atoms with Crippen molar-refractivity contribution in [1.29, 1.82) is 5.26 Å². The van der Waals surface area contributed by atoms with Crippen molar-refractivity contribution in [2.75, 3.05) is 13.1 Å². The fourth-order valence-electron chi connectivity index (χ4n) is 4.42. The van der Waals surface area contributed by atoms with Gasteiger partial charge in [-0.05, 0) is 75.9 Å². The fourth-order valence-corrected chi connectivity index (χ4v) is 4.42. The molecule has 0 aliphatic carbocycles. The number of alkyl halides is 3. The zero-order valence-electron chi connectivity index (χ0n) is 18.1. The molecule has 1 aliphatic rings. The molecule has 3 rings (SSSR count). The lowest BCUT2D eigenvalue weighted by Crippen LogP contribution is -2.49. The second-order valence-electron chi connectivity index (χ2n) is 9.07. The maximum atomic E-state index is 13.6. The molecule has 1 fully saturated rings. The fraction of sp³-hybridized carbons (Fsp3) is 0.500. The van der Waals surface area contributed by atoms with Crippen molar-refractivity contribution in [3.63, 3.8) is 0 Å². The molecule has 1 unspecified atom stereocenters. The molecule has 0 radical (unpaired) electrons. The standard InChI is InChI=1S/C24H28F3N3O/c1-17-4-9-20(29-15-17)22(2,3)30-13-12-23(16-30,21(31)24(25,26)27)11-10-18-5-7-19(14-28)8-6-18/h4-9,15,21,31H,10-13,16H2,1-3H3/t21?,23-/m1/s1. The number of halogens is 3. The first-order chi connectivity index (χ1) is 14.5. The van der Waals surface area contributed by atoms with Crippen LogP contribution in [0.25, 0.3) is 0 Å². The van der Waals surface area contributed by atoms with E-state index in [0.717, 1.165) is 16.8 Å². The summed E-state index contributed by atoms with van der Waals surface area (Å²) in [4.78, 5) is 6.49. The van der Waals surface area contributed by atoms with Crippen LogP contribution >= 0.6 is 0 Å². The van der Waals surface area contributed by atoms with E-state index in [4.69, 9.17) is 5.26 Å². The number of nitrogens with zero attached hydrogens (tertiary/aromatic N) is 3. The van der Waals surface area contributed by atoms with Gasteiger partial charge in [0.1, 0.15) is 0 Å². The second kappa shape index (κ2) is 8.60. The summed E-state index contributed by atoms with van der Waals surface area (Å²) in [5.74, 6) is 0. The van der Waals surface area contributed by atoms with Gasteiger partial charge in [-0.2, -0.15) is 18.4 Å². The molecular weight excluding hydrogens is 403 g/mol. The Bertz CT molecular complexity index is 933. The highest BCUT2D eigenvalue weighted by Crippen LogP contribution is 2.47. The monoisotopic (exact) mass is 431 g/mol. The van der Waals surface area contributed by atoms with Gasteiger partial charge in [-0.25, -0.2) is 0 Å². The molecule has 1 aromatic carbocycles. The summed E-state index contributed by atoms with van der Waals surface area (Å²) in [6.07, 6.45) is -4.48. The number of hydrogen-bond donors (Lipinski definition) is 1. The molecule has 0 amide bonds. The van der Waals surface area contributed by atoms with Gasteiger partial charge in [-0.3, -0.25) is 9.88 Å². The highest BCUT2D eigenvalue weighted by Gasteiger charge is 2.56. The Labute approximate surface area is 181 Å². The molecule has 7 heteroatoms. The van der Waals surface area contributed by atoms with E-state index < -0.39 is 23.2 Å². The molecule has 1 aromatic heterocycles. The lowest BCUT2D eigenvalue weighted by Gasteiger charge is -2.39. The Hall–Kier alpha value is -2.43. The Morgan fingerprint density at radius 2 is 1.87 bits per heavy atom. The molecular formula is C24H28F3N3O. The number of aliphatic hydroxyl groups excluding tert-OH is 1. The van der Waals surface area contributed by atoms with Gasteiger partial charge >= 0.3 is 6.18 Å². The number of benzene rings is 1. The van der Waals surface area contributed by atoms with Gasteiger partial charge in [0.05, 0.1) is 22.9 Å². The van der Waals surface area contributed by atoms with Gasteiger partial charge in [0.15, 0.2) is 6.10 Å². The molecule has 0 spiro atoms. The number of aromatic nitrogens is 1. The molecule has 1 aliphatic heterocycles. The van der Waals surface area contributed by atoms with E-state index >= 15 is 0 Å². The summed E-state index contributed by atoms with van der Waals surface area (Å²) in [5, 5.41) is 19.3. The first-order valence-corrected chi connectivity index (χ1v) is 10.4. The number of rotatable bonds is 6. The van der Waals surface area contributed by atoms with Crippen molar-refractivity contribution in [1.82, 2.24) is 9.88 Å². The van der Waals surface area contributed by atoms with Crippen molar-refractivity contribution in [2.24, 2.45) is 5.41 Å². The minimum absolute atomic E-state index is 0.131. The van der Waals surface area contributed by atoms with E-state index in [-0.39, 0.29) is 19.4 Å². The van der Waals surface area contributed by atoms with Crippen LogP contribution < -0.4 is 0 Å². The minimum atomic E-state index is -4.69. The summed E-state index contributed by atoms with van der Waals surface area (Å²) in [6.45, 7) is 6.44. The van der Waals surface area contributed by atoms with Crippen LogP contribution in [0, 0.1) is 23.7 Å². The quantitative estimate of drug-likeness (QED) is 0.717. The van der Waals surface area contributed by atoms with Gasteiger partial charge in [-0.15, -0.1) is 0 Å². The van der Waals surface area contributed by atoms with Gasteiger partial charge in [-0.1, -0.05) is 18.2 Å². The number of aryl methyl sites for hydroxylation is 2. The predicted octanol–water partition coefficient (Wildman–Crippen LogP) is 4.74. The van der Waals surface area contributed by atoms with Crippen molar-refractivity contribution < 1.29 is 18.3 Å². The lowest BCUT2D eigenvalue weighted by atomic mass is 9.75. The molecule has 4 nitrogen and oxygen atoms in total. The Morgan fingerprint density at radius 1 is 1.19 bits per heavy atom. The van der Waals surface area contributed by atoms with Crippen LogP contribution in [0.4, 0.5) is 13.2 Å². The summed E-state index contributed by atoms with van der Waals surface area (Å²) < 4.78 is 40.9. The number of hydrogen-bond acceptors (Lipinski definition) is 4. The highest BCUT2D eigenvalue weighted by atomic mass is 19.4. The number of nitriles is 1. The Balaban J connectivity index is 1.84. The van der Waals surface area contributed by atoms with Crippen molar-refractivity contribution >= 4 is 0 Å². The van der Waals surface area contributed by atoms with Crippen LogP contribution in [0.1, 0.15) is 49.1 Å². The largest absolute Gasteiger partial charge is 0.414 e. The third kappa shape index (κ3) is 4.91. The lowest BCUT2D eigenvalue weighted by molar-refractivity contribution is -0.239. The third-order valence-corrected chi connectivity index (χ3v) is 6.60. The van der Waals surface area contributed by atoms with Gasteiger partial charge in [0.25, 0.3) is 0 Å².